The second kappa shape index (κ2) is 7.35. The molecule has 2 atom stereocenters. The molecule has 0 radical (unpaired) electrons. The molecule has 150 valence electrons. The van der Waals surface area contributed by atoms with E-state index < -0.39 is 0 Å². The maximum atomic E-state index is 12.1. The number of anilines is 1. The lowest BCUT2D eigenvalue weighted by molar-refractivity contribution is -0.120. The number of hydrogen-bond acceptors (Lipinski definition) is 5. The number of nitrogens with one attached hydrogen (secondary N) is 4. The summed E-state index contributed by atoms with van der Waals surface area (Å²) in [6.07, 6.45) is 8.56. The topological polar surface area (TPSA) is 107 Å². The normalized spacial score (nSPS) is 24.7. The van der Waals surface area contributed by atoms with Crippen LogP contribution in [0.3, 0.4) is 0 Å². The van der Waals surface area contributed by atoms with Crippen LogP contribution in [-0.2, 0) is 11.2 Å². The highest BCUT2D eigenvalue weighted by atomic mass is 16.2. The monoisotopic (exact) mass is 392 g/mol. The number of aliphatic imine (C=N–C) groups is 2. The van der Waals surface area contributed by atoms with E-state index in [0.29, 0.717) is 18.4 Å². The first-order valence-electron chi connectivity index (χ1n) is 10.2. The Kier molecular flexibility index (Phi) is 4.54. The quantitative estimate of drug-likeness (QED) is 0.615. The lowest BCUT2D eigenvalue weighted by Gasteiger charge is -2.28. The standard InChI is InChI=1S/C21H24N6O2/c28-19(13-3-4-13)27-20-25-17(16-9-10-22-18(16)26-20)11-12-1-5-14(6-2-12)23-21(29)24-15-7-8-15/h1-2,5-6,9-10,13,15-17H,3-4,7-8,11H2,(H2,23,24,29)(H2,22,25,26,27,28). The van der Waals surface area contributed by atoms with E-state index >= 15 is 0 Å². The van der Waals surface area contributed by atoms with Gasteiger partial charge in [-0.05, 0) is 49.8 Å². The van der Waals surface area contributed by atoms with Crippen LogP contribution in [0.25, 0.3) is 0 Å². The van der Waals surface area contributed by atoms with Crippen LogP contribution in [0.2, 0.25) is 0 Å². The van der Waals surface area contributed by atoms with Gasteiger partial charge in [-0.15, -0.1) is 0 Å². The van der Waals surface area contributed by atoms with Gasteiger partial charge >= 0.3 is 6.03 Å². The largest absolute Gasteiger partial charge is 0.335 e. The zero-order valence-corrected chi connectivity index (χ0v) is 16.0. The van der Waals surface area contributed by atoms with Crippen LogP contribution in [0, 0.1) is 11.8 Å². The fourth-order valence-corrected chi connectivity index (χ4v) is 3.57. The lowest BCUT2D eigenvalue weighted by atomic mass is 9.92. The van der Waals surface area contributed by atoms with Crippen LogP contribution in [-0.4, -0.2) is 35.8 Å². The van der Waals surface area contributed by atoms with E-state index in [9.17, 15) is 9.59 Å². The first-order valence-corrected chi connectivity index (χ1v) is 10.2. The molecule has 2 unspecified atom stereocenters. The van der Waals surface area contributed by atoms with Crippen LogP contribution in [0.15, 0.2) is 46.5 Å². The van der Waals surface area contributed by atoms with Gasteiger partial charge in [0.2, 0.25) is 11.9 Å². The van der Waals surface area contributed by atoms with Crippen molar-refractivity contribution in [1.29, 1.82) is 0 Å². The molecule has 2 heterocycles. The third-order valence-corrected chi connectivity index (χ3v) is 5.54. The molecule has 2 fully saturated rings. The van der Waals surface area contributed by atoms with E-state index in [1.165, 1.54) is 0 Å². The van der Waals surface area contributed by atoms with Gasteiger partial charge in [0.05, 0.1) is 12.0 Å². The van der Waals surface area contributed by atoms with Crippen molar-refractivity contribution < 1.29 is 9.59 Å². The van der Waals surface area contributed by atoms with Crippen LogP contribution in [0.5, 0.6) is 0 Å². The Bertz CT molecular complexity index is 912. The van der Waals surface area contributed by atoms with Gasteiger partial charge in [0.1, 0.15) is 5.84 Å². The summed E-state index contributed by atoms with van der Waals surface area (Å²) >= 11 is 0. The van der Waals surface area contributed by atoms with E-state index in [1.54, 1.807) is 6.20 Å². The van der Waals surface area contributed by atoms with E-state index in [0.717, 1.165) is 42.8 Å². The van der Waals surface area contributed by atoms with Crippen molar-refractivity contribution in [3.63, 3.8) is 0 Å². The summed E-state index contributed by atoms with van der Waals surface area (Å²) < 4.78 is 0. The van der Waals surface area contributed by atoms with Gasteiger partial charge < -0.3 is 16.0 Å². The Hall–Kier alpha value is -3.16. The molecular weight excluding hydrogens is 368 g/mol. The molecule has 0 spiro atoms. The number of urea groups is 1. The molecule has 0 saturated heterocycles. The summed E-state index contributed by atoms with van der Waals surface area (Å²) in [7, 11) is 0. The fraction of sp³-hybridized carbons (Fsp3) is 0.429. The predicted molar refractivity (Wildman–Crippen MR) is 111 cm³/mol. The molecule has 1 aromatic carbocycles. The number of hydrogen-bond donors (Lipinski definition) is 4. The molecule has 0 bridgehead atoms. The molecule has 8 nitrogen and oxygen atoms in total. The summed E-state index contributed by atoms with van der Waals surface area (Å²) in [4.78, 5) is 33.1. The summed E-state index contributed by atoms with van der Waals surface area (Å²) in [5, 5.41) is 11.8. The summed E-state index contributed by atoms with van der Waals surface area (Å²) in [5.74, 6) is 1.54. The Morgan fingerprint density at radius 1 is 1.07 bits per heavy atom. The summed E-state index contributed by atoms with van der Waals surface area (Å²) in [5.41, 5.74) is 1.88. The average molecular weight is 392 g/mol. The molecule has 2 saturated carbocycles. The highest BCUT2D eigenvalue weighted by Crippen LogP contribution is 2.29. The van der Waals surface area contributed by atoms with Crippen LogP contribution in [0.1, 0.15) is 31.2 Å². The number of rotatable bonds is 5. The van der Waals surface area contributed by atoms with Gasteiger partial charge in [-0.2, -0.15) is 0 Å². The third-order valence-electron chi connectivity index (χ3n) is 5.54. The van der Waals surface area contributed by atoms with Crippen LogP contribution < -0.4 is 21.3 Å². The molecule has 4 aliphatic rings. The SMILES string of the molecule is O=C(Nc1ccc(CC2N=C(NC(=O)C3CC3)NC3=NC=CC32)cc1)NC1CC1. The van der Waals surface area contributed by atoms with Gasteiger partial charge in [0, 0.05) is 23.8 Å². The molecule has 29 heavy (non-hydrogen) atoms. The molecule has 8 heteroatoms. The van der Waals surface area contributed by atoms with Crippen LogP contribution in [0.4, 0.5) is 10.5 Å². The third kappa shape index (κ3) is 4.31. The number of amides is 3. The summed E-state index contributed by atoms with van der Waals surface area (Å²) in [6.45, 7) is 0. The number of carbonyl (C=O) groups excluding carboxylic acids is 2. The number of carbonyl (C=O) groups is 2. The van der Waals surface area contributed by atoms with Crippen molar-refractivity contribution in [2.45, 2.75) is 44.2 Å². The Balaban J connectivity index is 1.24. The minimum absolute atomic E-state index is 0.0277. The van der Waals surface area contributed by atoms with Gasteiger partial charge in [0.15, 0.2) is 0 Å². The highest BCUT2D eigenvalue weighted by Gasteiger charge is 2.35. The van der Waals surface area contributed by atoms with Gasteiger partial charge in [-0.25, -0.2) is 14.8 Å². The molecular formula is C21H24N6O2. The van der Waals surface area contributed by atoms with Gasteiger partial charge in [-0.3, -0.25) is 10.1 Å². The maximum absolute atomic E-state index is 12.1. The Morgan fingerprint density at radius 2 is 1.86 bits per heavy atom. The van der Waals surface area contributed by atoms with Crippen LogP contribution >= 0.6 is 0 Å². The van der Waals surface area contributed by atoms with Crippen molar-refractivity contribution >= 4 is 29.4 Å². The first kappa shape index (κ1) is 17.9. The van der Waals surface area contributed by atoms with E-state index in [4.69, 9.17) is 4.99 Å². The predicted octanol–water partition coefficient (Wildman–Crippen LogP) is 1.91. The molecule has 4 N–H and O–H groups in total. The smallest absolute Gasteiger partial charge is 0.319 e. The number of fused-ring (bicyclic) bond motifs is 1. The Labute approximate surface area is 169 Å². The number of nitrogens with zero attached hydrogens (tertiary/aromatic N) is 2. The van der Waals surface area contributed by atoms with Crippen molar-refractivity contribution in [1.82, 2.24) is 16.0 Å². The molecule has 1 aromatic rings. The van der Waals surface area contributed by atoms with Crippen molar-refractivity contribution in [2.24, 2.45) is 21.8 Å². The maximum Gasteiger partial charge on any atom is 0.319 e. The fourth-order valence-electron chi connectivity index (χ4n) is 3.57. The van der Waals surface area contributed by atoms with Gasteiger partial charge in [0.25, 0.3) is 0 Å². The highest BCUT2D eigenvalue weighted by molar-refractivity contribution is 6.10. The first-order chi connectivity index (χ1) is 14.1. The number of guanidine groups is 1. The number of amidine groups is 1. The second-order valence-electron chi connectivity index (χ2n) is 8.09. The zero-order valence-electron chi connectivity index (χ0n) is 16.0. The lowest BCUT2D eigenvalue weighted by Crippen LogP contribution is -2.52. The number of benzene rings is 1. The molecule has 5 rings (SSSR count). The van der Waals surface area contributed by atoms with E-state index in [1.807, 2.05) is 30.3 Å². The Morgan fingerprint density at radius 3 is 2.59 bits per heavy atom. The zero-order chi connectivity index (χ0) is 19.8. The van der Waals surface area contributed by atoms with Gasteiger partial charge in [-0.1, -0.05) is 18.2 Å². The van der Waals surface area contributed by atoms with E-state index in [-0.39, 0.29) is 29.8 Å². The molecule has 0 aromatic heterocycles. The van der Waals surface area contributed by atoms with Crippen molar-refractivity contribution in [3.8, 4) is 0 Å². The summed E-state index contributed by atoms with van der Waals surface area (Å²) in [6, 6.07) is 7.95. The van der Waals surface area contributed by atoms with E-state index in [2.05, 4.69) is 26.3 Å². The molecule has 2 aliphatic carbocycles. The second-order valence-corrected chi connectivity index (χ2v) is 8.09. The molecule has 2 aliphatic heterocycles. The minimum Gasteiger partial charge on any atom is -0.335 e. The minimum atomic E-state index is -0.156. The molecule has 3 amide bonds. The van der Waals surface area contributed by atoms with Crippen molar-refractivity contribution in [2.75, 3.05) is 5.32 Å². The average Bonchev–Trinajstić information content (AvgIpc) is 3.62. The van der Waals surface area contributed by atoms with Crippen molar-refractivity contribution in [3.05, 3.63) is 42.1 Å².